The predicted molar refractivity (Wildman–Crippen MR) is 79.8 cm³/mol. The molecule has 4 heteroatoms. The van der Waals surface area contributed by atoms with Crippen molar-refractivity contribution in [3.8, 4) is 0 Å². The first-order valence-electron chi connectivity index (χ1n) is 6.92. The van der Waals surface area contributed by atoms with Crippen molar-refractivity contribution >= 4 is 5.91 Å². The quantitative estimate of drug-likeness (QED) is 0.849. The number of benzene rings is 1. The summed E-state index contributed by atoms with van der Waals surface area (Å²) >= 11 is 0. The Morgan fingerprint density at radius 2 is 1.95 bits per heavy atom. The lowest BCUT2D eigenvalue weighted by molar-refractivity contribution is 0.0952. The zero-order valence-corrected chi connectivity index (χ0v) is 12.3. The van der Waals surface area contributed by atoms with Crippen LogP contribution in [0, 0.1) is 13.8 Å². The molecule has 1 heterocycles. The van der Waals surface area contributed by atoms with Gasteiger partial charge in [-0.15, -0.1) is 0 Å². The summed E-state index contributed by atoms with van der Waals surface area (Å²) in [7, 11) is 1.86. The molecule has 0 saturated heterocycles. The first kappa shape index (κ1) is 14.3. The van der Waals surface area contributed by atoms with Gasteiger partial charge >= 0.3 is 0 Å². The molecule has 2 aromatic rings. The third kappa shape index (κ3) is 3.26. The first-order valence-corrected chi connectivity index (χ1v) is 6.92. The highest BCUT2D eigenvalue weighted by Gasteiger charge is 2.16. The van der Waals surface area contributed by atoms with Crippen molar-refractivity contribution < 1.29 is 4.79 Å². The molecule has 0 radical (unpaired) electrons. The van der Waals surface area contributed by atoms with E-state index in [4.69, 9.17) is 0 Å². The second kappa shape index (κ2) is 6.37. The fraction of sp³-hybridized carbons (Fsp3) is 0.375. The lowest BCUT2D eigenvalue weighted by atomic mass is 10.1. The summed E-state index contributed by atoms with van der Waals surface area (Å²) in [5.41, 5.74) is 3.69. The summed E-state index contributed by atoms with van der Waals surface area (Å²) in [5, 5.41) is 7.24. The van der Waals surface area contributed by atoms with Gasteiger partial charge in [-0.2, -0.15) is 5.10 Å². The number of aromatic nitrogens is 2. The SMILES string of the molecule is Cc1nn(C)c(C)c1C(=O)NCCCc1ccccc1. The number of hydrogen-bond acceptors (Lipinski definition) is 2. The Labute approximate surface area is 119 Å². The highest BCUT2D eigenvalue weighted by Crippen LogP contribution is 2.11. The van der Waals surface area contributed by atoms with Crippen LogP contribution in [-0.2, 0) is 13.5 Å². The minimum absolute atomic E-state index is 0.0267. The van der Waals surface area contributed by atoms with E-state index >= 15 is 0 Å². The zero-order valence-electron chi connectivity index (χ0n) is 12.3. The van der Waals surface area contributed by atoms with Crippen LogP contribution in [0.25, 0.3) is 0 Å². The molecule has 2 rings (SSSR count). The van der Waals surface area contributed by atoms with Crippen LogP contribution in [0.4, 0.5) is 0 Å². The average molecular weight is 271 g/mol. The maximum absolute atomic E-state index is 12.1. The van der Waals surface area contributed by atoms with Crippen LogP contribution in [0.1, 0.15) is 33.7 Å². The van der Waals surface area contributed by atoms with Gasteiger partial charge in [-0.25, -0.2) is 0 Å². The molecular weight excluding hydrogens is 250 g/mol. The van der Waals surface area contributed by atoms with E-state index in [1.165, 1.54) is 5.56 Å². The lowest BCUT2D eigenvalue weighted by Gasteiger charge is -2.06. The van der Waals surface area contributed by atoms with Gasteiger partial charge in [-0.3, -0.25) is 9.48 Å². The van der Waals surface area contributed by atoms with Crippen molar-refractivity contribution in [2.24, 2.45) is 7.05 Å². The van der Waals surface area contributed by atoms with Gasteiger partial charge in [-0.05, 0) is 32.3 Å². The standard InChI is InChI=1S/C16H21N3O/c1-12-15(13(2)19(3)18-12)16(20)17-11-7-10-14-8-5-4-6-9-14/h4-6,8-9H,7,10-11H2,1-3H3,(H,17,20). The number of carbonyl (C=O) groups is 1. The monoisotopic (exact) mass is 271 g/mol. The van der Waals surface area contributed by atoms with Gasteiger partial charge in [0.25, 0.3) is 5.91 Å². The Bertz CT molecular complexity index is 587. The third-order valence-corrected chi connectivity index (χ3v) is 3.51. The van der Waals surface area contributed by atoms with E-state index in [0.29, 0.717) is 12.1 Å². The van der Waals surface area contributed by atoms with Gasteiger partial charge in [0.05, 0.1) is 11.3 Å². The molecule has 1 amide bonds. The van der Waals surface area contributed by atoms with E-state index < -0.39 is 0 Å². The van der Waals surface area contributed by atoms with E-state index in [9.17, 15) is 4.79 Å². The molecule has 0 aliphatic rings. The number of rotatable bonds is 5. The summed E-state index contributed by atoms with van der Waals surface area (Å²) in [5.74, 6) is -0.0267. The van der Waals surface area contributed by atoms with Crippen molar-refractivity contribution in [3.05, 3.63) is 52.8 Å². The summed E-state index contributed by atoms with van der Waals surface area (Å²) < 4.78 is 1.74. The summed E-state index contributed by atoms with van der Waals surface area (Å²) in [6, 6.07) is 10.3. The van der Waals surface area contributed by atoms with E-state index in [1.54, 1.807) is 4.68 Å². The van der Waals surface area contributed by atoms with Gasteiger partial charge in [0.15, 0.2) is 0 Å². The Kier molecular flexibility index (Phi) is 4.56. The largest absolute Gasteiger partial charge is 0.352 e. The maximum atomic E-state index is 12.1. The van der Waals surface area contributed by atoms with Crippen molar-refractivity contribution in [1.82, 2.24) is 15.1 Å². The number of carbonyl (C=O) groups excluding carboxylic acids is 1. The lowest BCUT2D eigenvalue weighted by Crippen LogP contribution is -2.25. The van der Waals surface area contributed by atoms with Gasteiger partial charge in [-0.1, -0.05) is 30.3 Å². The predicted octanol–water partition coefficient (Wildman–Crippen LogP) is 2.40. The molecule has 106 valence electrons. The van der Waals surface area contributed by atoms with Crippen molar-refractivity contribution in [2.45, 2.75) is 26.7 Å². The third-order valence-electron chi connectivity index (χ3n) is 3.51. The van der Waals surface area contributed by atoms with Gasteiger partial charge in [0.2, 0.25) is 0 Å². The minimum Gasteiger partial charge on any atom is -0.352 e. The highest BCUT2D eigenvalue weighted by molar-refractivity contribution is 5.96. The van der Waals surface area contributed by atoms with Crippen molar-refractivity contribution in [3.63, 3.8) is 0 Å². The molecule has 0 atom stereocenters. The van der Waals surface area contributed by atoms with Crippen molar-refractivity contribution in [2.75, 3.05) is 6.54 Å². The van der Waals surface area contributed by atoms with E-state index in [2.05, 4.69) is 22.5 Å². The highest BCUT2D eigenvalue weighted by atomic mass is 16.1. The van der Waals surface area contributed by atoms with Crippen LogP contribution < -0.4 is 5.32 Å². The normalized spacial score (nSPS) is 10.6. The van der Waals surface area contributed by atoms with Gasteiger partial charge in [0, 0.05) is 19.3 Å². The van der Waals surface area contributed by atoms with Crippen LogP contribution in [0.2, 0.25) is 0 Å². The molecule has 1 N–H and O–H groups in total. The fourth-order valence-electron chi connectivity index (χ4n) is 2.33. The molecule has 20 heavy (non-hydrogen) atoms. The zero-order chi connectivity index (χ0) is 14.5. The summed E-state index contributed by atoms with van der Waals surface area (Å²) in [4.78, 5) is 12.1. The van der Waals surface area contributed by atoms with E-state index in [1.807, 2.05) is 39.1 Å². The molecule has 0 unspecified atom stereocenters. The first-order chi connectivity index (χ1) is 9.59. The Balaban J connectivity index is 1.84. The number of nitrogens with one attached hydrogen (secondary N) is 1. The molecule has 0 aliphatic heterocycles. The van der Waals surface area contributed by atoms with Crippen molar-refractivity contribution in [1.29, 1.82) is 0 Å². The Morgan fingerprint density at radius 3 is 2.55 bits per heavy atom. The molecule has 0 fully saturated rings. The maximum Gasteiger partial charge on any atom is 0.255 e. The molecule has 0 spiro atoms. The van der Waals surface area contributed by atoms with E-state index in [0.717, 1.165) is 24.2 Å². The average Bonchev–Trinajstić information content (AvgIpc) is 2.69. The second-order valence-electron chi connectivity index (χ2n) is 5.01. The topological polar surface area (TPSA) is 46.9 Å². The fourth-order valence-corrected chi connectivity index (χ4v) is 2.33. The Morgan fingerprint density at radius 1 is 1.25 bits per heavy atom. The molecule has 0 aliphatic carbocycles. The summed E-state index contributed by atoms with van der Waals surface area (Å²) in [6.07, 6.45) is 1.92. The Hall–Kier alpha value is -2.10. The van der Waals surface area contributed by atoms with Crippen LogP contribution >= 0.6 is 0 Å². The molecule has 0 bridgehead atoms. The molecule has 4 nitrogen and oxygen atoms in total. The van der Waals surface area contributed by atoms with Gasteiger partial charge in [0.1, 0.15) is 0 Å². The molecular formula is C16H21N3O. The van der Waals surface area contributed by atoms with Crippen LogP contribution in [0.3, 0.4) is 0 Å². The summed E-state index contributed by atoms with van der Waals surface area (Å²) in [6.45, 7) is 4.46. The number of aryl methyl sites for hydroxylation is 3. The number of hydrogen-bond donors (Lipinski definition) is 1. The van der Waals surface area contributed by atoms with E-state index in [-0.39, 0.29) is 5.91 Å². The van der Waals surface area contributed by atoms with Crippen LogP contribution in [-0.4, -0.2) is 22.2 Å². The number of nitrogens with zero attached hydrogens (tertiary/aromatic N) is 2. The van der Waals surface area contributed by atoms with Gasteiger partial charge < -0.3 is 5.32 Å². The second-order valence-corrected chi connectivity index (χ2v) is 5.01. The minimum atomic E-state index is -0.0267. The van der Waals surface area contributed by atoms with Crippen LogP contribution in [0.5, 0.6) is 0 Å². The smallest absolute Gasteiger partial charge is 0.255 e. The number of amides is 1. The molecule has 0 saturated carbocycles. The molecule has 1 aromatic carbocycles. The molecule has 1 aromatic heterocycles. The van der Waals surface area contributed by atoms with Crippen LogP contribution in [0.15, 0.2) is 30.3 Å².